The number of aryl methyl sites for hydroxylation is 1. The van der Waals surface area contributed by atoms with E-state index in [1.54, 1.807) is 6.07 Å². The Kier molecular flexibility index (Phi) is 2.45. The first kappa shape index (κ1) is 9.15. The molecule has 74 valence electrons. The highest BCUT2D eigenvalue weighted by atomic mass is 19.1. The van der Waals surface area contributed by atoms with Gasteiger partial charge in [-0.25, -0.2) is 9.37 Å². The molecule has 0 saturated heterocycles. The summed E-state index contributed by atoms with van der Waals surface area (Å²) in [6.07, 6.45) is 1.53. The molecule has 0 radical (unpaired) electrons. The Morgan fingerprint density at radius 2 is 2.29 bits per heavy atom. The summed E-state index contributed by atoms with van der Waals surface area (Å²) in [6.45, 7) is 0.604. The number of benzene rings is 1. The maximum atomic E-state index is 12.8. The van der Waals surface area contributed by atoms with Crippen LogP contribution in [-0.4, -0.2) is 11.5 Å². The lowest BCUT2D eigenvalue weighted by Crippen LogP contribution is -2.00. The van der Waals surface area contributed by atoms with Crippen LogP contribution in [0.1, 0.15) is 12.3 Å². The fraction of sp³-hybridized carbons (Fsp3) is 0.300. The van der Waals surface area contributed by atoms with Crippen LogP contribution < -0.4 is 5.73 Å². The molecule has 0 unspecified atom stereocenters. The third-order valence-corrected chi connectivity index (χ3v) is 1.99. The van der Waals surface area contributed by atoms with Crippen molar-refractivity contribution in [2.45, 2.75) is 12.8 Å². The number of oxazole rings is 1. The van der Waals surface area contributed by atoms with E-state index in [4.69, 9.17) is 10.2 Å². The molecule has 1 heterocycles. The van der Waals surface area contributed by atoms with E-state index < -0.39 is 0 Å². The largest absolute Gasteiger partial charge is 0.441 e. The molecule has 2 rings (SSSR count). The van der Waals surface area contributed by atoms with Crippen LogP contribution in [0.2, 0.25) is 0 Å². The van der Waals surface area contributed by atoms with Gasteiger partial charge >= 0.3 is 0 Å². The second kappa shape index (κ2) is 3.75. The smallest absolute Gasteiger partial charge is 0.195 e. The van der Waals surface area contributed by atoms with Crippen LogP contribution in [0.3, 0.4) is 0 Å². The van der Waals surface area contributed by atoms with Gasteiger partial charge in [-0.05, 0) is 25.1 Å². The zero-order chi connectivity index (χ0) is 9.97. The Morgan fingerprint density at radius 3 is 3.07 bits per heavy atom. The minimum Gasteiger partial charge on any atom is -0.441 e. The number of nitrogens with zero attached hydrogens (tertiary/aromatic N) is 1. The van der Waals surface area contributed by atoms with Crippen molar-refractivity contribution in [3.63, 3.8) is 0 Å². The first-order valence-corrected chi connectivity index (χ1v) is 4.54. The lowest BCUT2D eigenvalue weighted by Gasteiger charge is -1.89. The SMILES string of the molecule is NCCCc1nc2ccc(F)cc2o1. The Balaban J connectivity index is 2.32. The van der Waals surface area contributed by atoms with E-state index in [1.807, 2.05) is 0 Å². The molecule has 0 aliphatic heterocycles. The third kappa shape index (κ3) is 1.75. The molecule has 2 N–H and O–H groups in total. The van der Waals surface area contributed by atoms with E-state index in [-0.39, 0.29) is 5.82 Å². The normalized spacial score (nSPS) is 11.0. The van der Waals surface area contributed by atoms with Crippen molar-refractivity contribution in [1.29, 1.82) is 0 Å². The van der Waals surface area contributed by atoms with Crippen molar-refractivity contribution in [3.05, 3.63) is 29.9 Å². The molecule has 14 heavy (non-hydrogen) atoms. The van der Waals surface area contributed by atoms with Crippen LogP contribution in [0.4, 0.5) is 4.39 Å². The zero-order valence-corrected chi connectivity index (χ0v) is 7.66. The standard InChI is InChI=1S/C10H11FN2O/c11-7-3-4-8-9(6-7)14-10(13-8)2-1-5-12/h3-4,6H,1-2,5,12H2. The molecule has 0 saturated carbocycles. The van der Waals surface area contributed by atoms with Crippen LogP contribution in [0.15, 0.2) is 22.6 Å². The van der Waals surface area contributed by atoms with Crippen LogP contribution in [0, 0.1) is 5.82 Å². The molecule has 1 aromatic heterocycles. The van der Waals surface area contributed by atoms with Gasteiger partial charge in [0.15, 0.2) is 11.5 Å². The number of rotatable bonds is 3. The maximum absolute atomic E-state index is 12.8. The predicted molar refractivity (Wildman–Crippen MR) is 51.3 cm³/mol. The summed E-state index contributed by atoms with van der Waals surface area (Å²) in [4.78, 5) is 4.20. The molecular weight excluding hydrogens is 183 g/mol. The molecule has 0 amide bonds. The predicted octanol–water partition coefficient (Wildman–Crippen LogP) is 1.86. The van der Waals surface area contributed by atoms with Gasteiger partial charge in [0.05, 0.1) is 0 Å². The summed E-state index contributed by atoms with van der Waals surface area (Å²) in [5.74, 6) is 0.315. The Morgan fingerprint density at radius 1 is 1.43 bits per heavy atom. The monoisotopic (exact) mass is 194 g/mol. The number of hydrogen-bond donors (Lipinski definition) is 1. The van der Waals surface area contributed by atoms with Gasteiger partial charge in [0.1, 0.15) is 11.3 Å². The molecule has 0 aliphatic carbocycles. The van der Waals surface area contributed by atoms with Crippen LogP contribution in [-0.2, 0) is 6.42 Å². The average Bonchev–Trinajstić information content (AvgIpc) is 2.56. The Hall–Kier alpha value is -1.42. The van der Waals surface area contributed by atoms with E-state index in [1.165, 1.54) is 12.1 Å². The number of aromatic nitrogens is 1. The van der Waals surface area contributed by atoms with Crippen LogP contribution >= 0.6 is 0 Å². The van der Waals surface area contributed by atoms with Gasteiger partial charge in [-0.3, -0.25) is 0 Å². The summed E-state index contributed by atoms with van der Waals surface area (Å²) < 4.78 is 18.1. The average molecular weight is 194 g/mol. The zero-order valence-electron chi connectivity index (χ0n) is 7.66. The van der Waals surface area contributed by atoms with Gasteiger partial charge in [-0.15, -0.1) is 0 Å². The topological polar surface area (TPSA) is 52.0 Å². The molecule has 0 fully saturated rings. The van der Waals surface area contributed by atoms with Crippen LogP contribution in [0.5, 0.6) is 0 Å². The van der Waals surface area contributed by atoms with Gasteiger partial charge in [0.25, 0.3) is 0 Å². The van der Waals surface area contributed by atoms with Crippen molar-refractivity contribution in [3.8, 4) is 0 Å². The second-order valence-electron chi connectivity index (χ2n) is 3.11. The first-order valence-electron chi connectivity index (χ1n) is 4.54. The van der Waals surface area contributed by atoms with E-state index >= 15 is 0 Å². The summed E-state index contributed by atoms with van der Waals surface area (Å²) in [5.41, 5.74) is 6.56. The minimum absolute atomic E-state index is 0.306. The molecule has 1 aromatic carbocycles. The number of halogens is 1. The van der Waals surface area contributed by atoms with Crippen molar-refractivity contribution < 1.29 is 8.81 Å². The van der Waals surface area contributed by atoms with E-state index in [9.17, 15) is 4.39 Å². The third-order valence-electron chi connectivity index (χ3n) is 1.99. The van der Waals surface area contributed by atoms with Crippen molar-refractivity contribution in [2.75, 3.05) is 6.54 Å². The van der Waals surface area contributed by atoms with E-state index in [2.05, 4.69) is 4.98 Å². The quantitative estimate of drug-likeness (QED) is 0.811. The first-order chi connectivity index (χ1) is 6.79. The highest BCUT2D eigenvalue weighted by Gasteiger charge is 2.05. The second-order valence-corrected chi connectivity index (χ2v) is 3.11. The molecule has 0 atom stereocenters. The number of nitrogens with two attached hydrogens (primary N) is 1. The fourth-order valence-electron chi connectivity index (χ4n) is 1.31. The highest BCUT2D eigenvalue weighted by molar-refractivity contribution is 5.72. The fourth-order valence-corrected chi connectivity index (χ4v) is 1.31. The summed E-state index contributed by atoms with van der Waals surface area (Å²) in [7, 11) is 0. The molecular formula is C10H11FN2O. The van der Waals surface area contributed by atoms with Gasteiger partial charge in [0.2, 0.25) is 0 Å². The van der Waals surface area contributed by atoms with Crippen molar-refractivity contribution in [2.24, 2.45) is 5.73 Å². The molecule has 0 spiro atoms. The van der Waals surface area contributed by atoms with E-state index in [0.29, 0.717) is 30.0 Å². The minimum atomic E-state index is -0.306. The molecule has 0 aliphatic rings. The maximum Gasteiger partial charge on any atom is 0.195 e. The number of fused-ring (bicyclic) bond motifs is 1. The Bertz CT molecular complexity index is 439. The Labute approximate surface area is 80.7 Å². The highest BCUT2D eigenvalue weighted by Crippen LogP contribution is 2.17. The number of hydrogen-bond acceptors (Lipinski definition) is 3. The lowest BCUT2D eigenvalue weighted by molar-refractivity contribution is 0.518. The summed E-state index contributed by atoms with van der Waals surface area (Å²) in [5, 5.41) is 0. The van der Waals surface area contributed by atoms with Crippen molar-refractivity contribution >= 4 is 11.1 Å². The molecule has 4 heteroatoms. The van der Waals surface area contributed by atoms with Crippen molar-refractivity contribution in [1.82, 2.24) is 4.98 Å². The van der Waals surface area contributed by atoms with E-state index in [0.717, 1.165) is 6.42 Å². The summed E-state index contributed by atoms with van der Waals surface area (Å²) in [6, 6.07) is 4.33. The molecule has 3 nitrogen and oxygen atoms in total. The van der Waals surface area contributed by atoms with Crippen LogP contribution in [0.25, 0.3) is 11.1 Å². The van der Waals surface area contributed by atoms with Gasteiger partial charge < -0.3 is 10.2 Å². The van der Waals surface area contributed by atoms with Gasteiger partial charge in [-0.1, -0.05) is 0 Å². The lowest BCUT2D eigenvalue weighted by atomic mass is 10.3. The molecule has 2 aromatic rings. The summed E-state index contributed by atoms with van der Waals surface area (Å²) >= 11 is 0. The molecule has 0 bridgehead atoms. The van der Waals surface area contributed by atoms with Gasteiger partial charge in [-0.2, -0.15) is 0 Å². The van der Waals surface area contributed by atoms with Gasteiger partial charge in [0, 0.05) is 12.5 Å².